The predicted octanol–water partition coefficient (Wildman–Crippen LogP) is 1.01. The molecule has 2 aliphatic heterocycles. The zero-order valence-electron chi connectivity index (χ0n) is 13.7. The second-order valence-corrected chi connectivity index (χ2v) is 6.49. The van der Waals surface area contributed by atoms with E-state index in [1.807, 2.05) is 0 Å². The SMILES string of the molecule is COC1C(C(=NO)n2cnc3c(Cl)ncnc32)OC2OC(C)(C)OC21. The van der Waals surface area contributed by atoms with E-state index in [0.29, 0.717) is 11.2 Å². The molecular formula is C14H16ClN5O5. The number of imidazole rings is 1. The van der Waals surface area contributed by atoms with Crippen molar-refractivity contribution in [3.8, 4) is 0 Å². The minimum absolute atomic E-state index is 0.128. The minimum atomic E-state index is -0.782. The molecule has 2 aromatic heterocycles. The van der Waals surface area contributed by atoms with E-state index in [1.54, 1.807) is 13.8 Å². The van der Waals surface area contributed by atoms with Crippen LogP contribution in [0.25, 0.3) is 11.2 Å². The van der Waals surface area contributed by atoms with E-state index >= 15 is 0 Å². The van der Waals surface area contributed by atoms with Crippen LogP contribution in [-0.4, -0.2) is 68.1 Å². The Morgan fingerprint density at radius 1 is 1.36 bits per heavy atom. The van der Waals surface area contributed by atoms with E-state index in [9.17, 15) is 5.21 Å². The van der Waals surface area contributed by atoms with Crippen LogP contribution in [0.15, 0.2) is 17.8 Å². The Balaban J connectivity index is 1.71. The molecule has 0 aliphatic carbocycles. The Labute approximate surface area is 147 Å². The average Bonchev–Trinajstić information content (AvgIpc) is 3.20. The molecule has 4 atom stereocenters. The van der Waals surface area contributed by atoms with Crippen LogP contribution in [0.5, 0.6) is 0 Å². The fourth-order valence-electron chi connectivity index (χ4n) is 3.16. The highest BCUT2D eigenvalue weighted by Crippen LogP contribution is 2.39. The van der Waals surface area contributed by atoms with Crippen molar-refractivity contribution in [1.82, 2.24) is 19.5 Å². The van der Waals surface area contributed by atoms with Crippen molar-refractivity contribution in [1.29, 1.82) is 0 Å². The first-order valence-electron chi connectivity index (χ1n) is 7.55. The number of hydrogen-bond donors (Lipinski definition) is 1. The lowest BCUT2D eigenvalue weighted by Crippen LogP contribution is -2.42. The third-order valence-electron chi connectivity index (χ3n) is 4.16. The predicted molar refractivity (Wildman–Crippen MR) is 84.4 cm³/mol. The number of fused-ring (bicyclic) bond motifs is 2. The first-order chi connectivity index (χ1) is 11.9. The maximum absolute atomic E-state index is 9.61. The highest BCUT2D eigenvalue weighted by Gasteiger charge is 2.57. The summed E-state index contributed by atoms with van der Waals surface area (Å²) in [4.78, 5) is 12.2. The number of rotatable bonds is 2. The van der Waals surface area contributed by atoms with Crippen LogP contribution in [0, 0.1) is 0 Å². The van der Waals surface area contributed by atoms with Gasteiger partial charge in [-0.1, -0.05) is 16.8 Å². The summed E-state index contributed by atoms with van der Waals surface area (Å²) in [6.07, 6.45) is 0.310. The lowest BCUT2D eigenvalue weighted by Gasteiger charge is -2.25. The van der Waals surface area contributed by atoms with Gasteiger partial charge < -0.3 is 24.2 Å². The molecular weight excluding hydrogens is 354 g/mol. The fraction of sp³-hybridized carbons (Fsp3) is 0.571. The molecule has 0 radical (unpaired) electrons. The Morgan fingerprint density at radius 2 is 2.16 bits per heavy atom. The molecule has 2 saturated heterocycles. The number of ether oxygens (including phenoxy) is 4. The van der Waals surface area contributed by atoms with Crippen LogP contribution in [-0.2, 0) is 18.9 Å². The van der Waals surface area contributed by atoms with Gasteiger partial charge in [0.25, 0.3) is 0 Å². The Morgan fingerprint density at radius 3 is 2.88 bits per heavy atom. The molecule has 4 heterocycles. The van der Waals surface area contributed by atoms with Crippen LogP contribution in [0.3, 0.4) is 0 Å². The molecule has 2 aliphatic rings. The van der Waals surface area contributed by atoms with E-state index in [4.69, 9.17) is 30.5 Å². The summed E-state index contributed by atoms with van der Waals surface area (Å²) in [5, 5.41) is 13.2. The van der Waals surface area contributed by atoms with Gasteiger partial charge >= 0.3 is 0 Å². The lowest BCUT2D eigenvalue weighted by molar-refractivity contribution is -0.208. The van der Waals surface area contributed by atoms with Crippen molar-refractivity contribution < 1.29 is 24.2 Å². The normalized spacial score (nSPS) is 31.6. The van der Waals surface area contributed by atoms with Gasteiger partial charge in [-0.05, 0) is 13.8 Å². The van der Waals surface area contributed by atoms with Gasteiger partial charge in [-0.3, -0.25) is 4.57 Å². The zero-order chi connectivity index (χ0) is 17.8. The molecule has 2 aromatic rings. The van der Waals surface area contributed by atoms with Gasteiger partial charge in [0.05, 0.1) is 0 Å². The van der Waals surface area contributed by atoms with Gasteiger partial charge in [-0.2, -0.15) is 0 Å². The van der Waals surface area contributed by atoms with Gasteiger partial charge in [0.1, 0.15) is 30.4 Å². The fourth-order valence-corrected chi connectivity index (χ4v) is 3.34. The van der Waals surface area contributed by atoms with Crippen molar-refractivity contribution in [3.05, 3.63) is 17.8 Å². The maximum Gasteiger partial charge on any atom is 0.190 e. The largest absolute Gasteiger partial charge is 0.409 e. The van der Waals surface area contributed by atoms with Crippen LogP contribution in [0.4, 0.5) is 0 Å². The second-order valence-electron chi connectivity index (χ2n) is 6.14. The number of methoxy groups -OCH3 is 1. The summed E-state index contributed by atoms with van der Waals surface area (Å²) in [6, 6.07) is 0. The first-order valence-corrected chi connectivity index (χ1v) is 7.93. The number of nitrogens with zero attached hydrogens (tertiary/aromatic N) is 5. The van der Waals surface area contributed by atoms with Gasteiger partial charge in [-0.25, -0.2) is 15.0 Å². The molecule has 11 heteroatoms. The summed E-state index contributed by atoms with van der Waals surface area (Å²) in [6.45, 7) is 3.58. The molecule has 2 fully saturated rings. The van der Waals surface area contributed by atoms with Crippen molar-refractivity contribution in [2.75, 3.05) is 7.11 Å². The van der Waals surface area contributed by atoms with Gasteiger partial charge in [-0.15, -0.1) is 0 Å². The minimum Gasteiger partial charge on any atom is -0.409 e. The van der Waals surface area contributed by atoms with Crippen LogP contribution >= 0.6 is 11.6 Å². The summed E-state index contributed by atoms with van der Waals surface area (Å²) in [7, 11) is 1.53. The molecule has 4 unspecified atom stereocenters. The highest BCUT2D eigenvalue weighted by atomic mass is 35.5. The molecule has 1 N–H and O–H groups in total. The van der Waals surface area contributed by atoms with E-state index in [1.165, 1.54) is 24.3 Å². The van der Waals surface area contributed by atoms with Crippen molar-refractivity contribution in [3.63, 3.8) is 0 Å². The number of aromatic nitrogens is 4. The molecule has 0 saturated carbocycles. The van der Waals surface area contributed by atoms with Crippen LogP contribution < -0.4 is 0 Å². The smallest absolute Gasteiger partial charge is 0.190 e. The lowest BCUT2D eigenvalue weighted by atomic mass is 10.1. The first kappa shape index (κ1) is 16.6. The van der Waals surface area contributed by atoms with E-state index in [0.717, 1.165) is 0 Å². The summed E-state index contributed by atoms with van der Waals surface area (Å²) >= 11 is 6.02. The Hall–Kier alpha value is -1.85. The highest BCUT2D eigenvalue weighted by molar-refractivity contribution is 6.33. The standard InChI is InChI=1S/C14H16ClN5O5/c1-14(2)24-9-7(22-3)8(23-13(9)25-14)12(19-21)20-5-18-6-10(15)16-4-17-11(6)20/h4-5,7-9,13,21H,1-3H3. The molecule has 25 heavy (non-hydrogen) atoms. The summed E-state index contributed by atoms with van der Waals surface area (Å²) in [5.41, 5.74) is 0.761. The topological polar surface area (TPSA) is 113 Å². The summed E-state index contributed by atoms with van der Waals surface area (Å²) < 4.78 is 24.5. The average molecular weight is 370 g/mol. The van der Waals surface area contributed by atoms with Crippen molar-refractivity contribution in [2.45, 2.75) is 44.2 Å². The molecule has 0 spiro atoms. The van der Waals surface area contributed by atoms with E-state index in [2.05, 4.69) is 20.1 Å². The molecule has 0 amide bonds. The van der Waals surface area contributed by atoms with Crippen molar-refractivity contribution >= 4 is 28.6 Å². The Kier molecular flexibility index (Phi) is 3.89. The van der Waals surface area contributed by atoms with Crippen molar-refractivity contribution in [2.24, 2.45) is 5.16 Å². The van der Waals surface area contributed by atoms with Crippen LogP contribution in [0.2, 0.25) is 5.15 Å². The molecule has 4 rings (SSSR count). The van der Waals surface area contributed by atoms with Gasteiger partial charge in [0.15, 0.2) is 34.8 Å². The maximum atomic E-state index is 9.61. The Bertz CT molecular complexity index is 840. The van der Waals surface area contributed by atoms with E-state index < -0.39 is 30.4 Å². The molecule has 10 nitrogen and oxygen atoms in total. The number of hydrogen-bond acceptors (Lipinski definition) is 9. The number of oxime groups is 1. The van der Waals surface area contributed by atoms with Gasteiger partial charge in [0, 0.05) is 7.11 Å². The molecule has 0 bridgehead atoms. The zero-order valence-corrected chi connectivity index (χ0v) is 14.4. The quantitative estimate of drug-likeness (QED) is 0.274. The monoisotopic (exact) mass is 369 g/mol. The third kappa shape index (κ3) is 2.57. The number of halogens is 1. The molecule has 134 valence electrons. The van der Waals surface area contributed by atoms with Crippen LogP contribution in [0.1, 0.15) is 13.8 Å². The van der Waals surface area contributed by atoms with Gasteiger partial charge in [0.2, 0.25) is 0 Å². The summed E-state index contributed by atoms with van der Waals surface area (Å²) in [5.74, 6) is -0.653. The molecule has 0 aromatic carbocycles. The van der Waals surface area contributed by atoms with E-state index in [-0.39, 0.29) is 11.0 Å². The third-order valence-corrected chi connectivity index (χ3v) is 4.43. The second kappa shape index (κ2) is 5.85.